The molecule has 140 valence electrons. The summed E-state index contributed by atoms with van der Waals surface area (Å²) in [6, 6.07) is 3.15. The Kier molecular flexibility index (Phi) is 6.38. The monoisotopic (exact) mass is 406 g/mol. The Hall–Kier alpha value is -0.670. The molecule has 1 aromatic heterocycles. The Morgan fingerprint density at radius 2 is 2.08 bits per heavy atom. The molecule has 3 heterocycles. The van der Waals surface area contributed by atoms with Gasteiger partial charge in [0.15, 0.2) is 0 Å². The van der Waals surface area contributed by atoms with E-state index in [9.17, 15) is 13.2 Å². The van der Waals surface area contributed by atoms with Crippen molar-refractivity contribution in [3.63, 3.8) is 0 Å². The highest BCUT2D eigenvalue weighted by molar-refractivity contribution is 7.91. The largest absolute Gasteiger partial charge is 0.376 e. The van der Waals surface area contributed by atoms with Gasteiger partial charge in [-0.25, -0.2) is 8.42 Å². The number of hydrogen-bond acceptors (Lipinski definition) is 5. The first kappa shape index (κ1) is 19.1. The minimum atomic E-state index is -3.46. The normalized spacial score (nSPS) is 23.0. The van der Waals surface area contributed by atoms with E-state index in [1.165, 1.54) is 4.31 Å². The highest BCUT2D eigenvalue weighted by Crippen LogP contribution is 2.31. The number of thiophene rings is 1. The van der Waals surface area contributed by atoms with Crippen molar-refractivity contribution in [1.82, 2.24) is 9.62 Å². The quantitative estimate of drug-likeness (QED) is 0.787. The second-order valence-electron chi connectivity index (χ2n) is 6.55. The Bertz CT molecular complexity index is 693. The van der Waals surface area contributed by atoms with Gasteiger partial charge < -0.3 is 10.1 Å². The molecule has 0 spiro atoms. The lowest BCUT2D eigenvalue weighted by Gasteiger charge is -2.30. The van der Waals surface area contributed by atoms with Crippen LogP contribution in [0.4, 0.5) is 0 Å². The number of rotatable bonds is 6. The summed E-state index contributed by atoms with van der Waals surface area (Å²) in [5.41, 5.74) is 0. The van der Waals surface area contributed by atoms with Gasteiger partial charge in [0, 0.05) is 32.7 Å². The van der Waals surface area contributed by atoms with Crippen LogP contribution in [0, 0.1) is 5.92 Å². The van der Waals surface area contributed by atoms with Crippen LogP contribution in [0.2, 0.25) is 4.34 Å². The van der Waals surface area contributed by atoms with Crippen molar-refractivity contribution in [3.8, 4) is 0 Å². The molecule has 1 aromatic rings. The van der Waals surface area contributed by atoms with E-state index in [2.05, 4.69) is 5.32 Å². The molecule has 0 aliphatic carbocycles. The molecule has 9 heteroatoms. The first-order chi connectivity index (χ1) is 11.9. The number of hydrogen-bond donors (Lipinski definition) is 1. The van der Waals surface area contributed by atoms with E-state index in [0.29, 0.717) is 43.2 Å². The molecule has 2 aliphatic rings. The highest BCUT2D eigenvalue weighted by atomic mass is 35.5. The molecule has 1 N–H and O–H groups in total. The zero-order valence-electron chi connectivity index (χ0n) is 13.9. The topological polar surface area (TPSA) is 75.7 Å². The molecular formula is C16H23ClN2O4S2. The number of halogens is 1. The highest BCUT2D eigenvalue weighted by Gasteiger charge is 2.31. The lowest BCUT2D eigenvalue weighted by atomic mass is 9.94. The Labute approximate surface area is 157 Å². The Morgan fingerprint density at radius 3 is 2.68 bits per heavy atom. The van der Waals surface area contributed by atoms with E-state index in [1.807, 2.05) is 0 Å². The average molecular weight is 407 g/mol. The van der Waals surface area contributed by atoms with Crippen LogP contribution in [-0.2, 0) is 19.6 Å². The molecule has 1 amide bonds. The smallest absolute Gasteiger partial charge is 0.252 e. The molecule has 0 radical (unpaired) electrons. The molecule has 2 saturated heterocycles. The minimum Gasteiger partial charge on any atom is -0.376 e. The van der Waals surface area contributed by atoms with Gasteiger partial charge in [-0.15, -0.1) is 11.3 Å². The van der Waals surface area contributed by atoms with Crippen molar-refractivity contribution in [1.29, 1.82) is 0 Å². The summed E-state index contributed by atoms with van der Waals surface area (Å²) in [7, 11) is -3.46. The van der Waals surface area contributed by atoms with Crippen LogP contribution in [0.1, 0.15) is 32.1 Å². The van der Waals surface area contributed by atoms with Gasteiger partial charge in [-0.2, -0.15) is 4.31 Å². The number of sulfonamides is 1. The number of nitrogens with one attached hydrogen (secondary N) is 1. The summed E-state index contributed by atoms with van der Waals surface area (Å²) < 4.78 is 32.9. The van der Waals surface area contributed by atoms with Crippen molar-refractivity contribution >= 4 is 38.9 Å². The average Bonchev–Trinajstić information content (AvgIpc) is 3.25. The fourth-order valence-electron chi connectivity index (χ4n) is 3.28. The summed E-state index contributed by atoms with van der Waals surface area (Å²) in [5.74, 6) is 0.254. The van der Waals surface area contributed by atoms with E-state index in [-0.39, 0.29) is 22.1 Å². The van der Waals surface area contributed by atoms with Gasteiger partial charge in [-0.1, -0.05) is 11.6 Å². The standard InChI is InChI=1S/C16H23ClN2O4S2/c17-14-3-4-16(24-14)25(21,22)19-7-5-12(6-8-19)10-15(20)18-11-13-2-1-9-23-13/h3-4,12-13H,1-2,5-11H2,(H,18,20)/t13-/m1/s1. The van der Waals surface area contributed by atoms with Gasteiger partial charge in [-0.05, 0) is 43.7 Å². The summed E-state index contributed by atoms with van der Waals surface area (Å²) in [5, 5.41) is 2.93. The maximum atomic E-state index is 12.6. The fourth-order valence-corrected chi connectivity index (χ4v) is 6.39. The van der Waals surface area contributed by atoms with Gasteiger partial charge in [0.25, 0.3) is 10.0 Å². The van der Waals surface area contributed by atoms with Crippen molar-refractivity contribution < 1.29 is 17.9 Å². The predicted molar refractivity (Wildman–Crippen MR) is 97.4 cm³/mol. The Balaban J connectivity index is 1.44. The molecule has 6 nitrogen and oxygen atoms in total. The summed E-state index contributed by atoms with van der Waals surface area (Å²) in [6.07, 6.45) is 4.06. The number of carbonyl (C=O) groups excluding carboxylic acids is 1. The van der Waals surface area contributed by atoms with Crippen molar-refractivity contribution in [2.75, 3.05) is 26.2 Å². The van der Waals surface area contributed by atoms with E-state index in [1.54, 1.807) is 12.1 Å². The molecule has 0 saturated carbocycles. The molecule has 0 unspecified atom stereocenters. The maximum Gasteiger partial charge on any atom is 0.252 e. The molecule has 2 fully saturated rings. The van der Waals surface area contributed by atoms with E-state index in [0.717, 1.165) is 30.8 Å². The first-order valence-corrected chi connectivity index (χ1v) is 11.2. The number of piperidine rings is 1. The minimum absolute atomic E-state index is 0.0295. The number of nitrogens with zero attached hydrogens (tertiary/aromatic N) is 1. The molecule has 25 heavy (non-hydrogen) atoms. The predicted octanol–water partition coefficient (Wildman–Crippen LogP) is 2.49. The SMILES string of the molecule is O=C(CC1CCN(S(=O)(=O)c2ccc(Cl)s2)CC1)NC[C@H]1CCCO1. The molecule has 1 atom stereocenters. The van der Waals surface area contributed by atoms with Gasteiger partial charge >= 0.3 is 0 Å². The van der Waals surface area contributed by atoms with E-state index >= 15 is 0 Å². The molecule has 0 bridgehead atoms. The van der Waals surface area contributed by atoms with Gasteiger partial charge in [-0.3, -0.25) is 4.79 Å². The Morgan fingerprint density at radius 1 is 1.32 bits per heavy atom. The first-order valence-electron chi connectivity index (χ1n) is 8.59. The van der Waals surface area contributed by atoms with Crippen molar-refractivity contribution in [2.45, 2.75) is 42.4 Å². The van der Waals surface area contributed by atoms with Crippen LogP contribution in [-0.4, -0.2) is 51.0 Å². The third-order valence-corrected chi connectivity index (χ3v) is 8.34. The van der Waals surface area contributed by atoms with E-state index in [4.69, 9.17) is 16.3 Å². The van der Waals surface area contributed by atoms with Crippen LogP contribution < -0.4 is 5.32 Å². The van der Waals surface area contributed by atoms with E-state index < -0.39 is 10.0 Å². The van der Waals surface area contributed by atoms with Crippen LogP contribution in [0.15, 0.2) is 16.3 Å². The van der Waals surface area contributed by atoms with Crippen LogP contribution in [0.5, 0.6) is 0 Å². The van der Waals surface area contributed by atoms with Gasteiger partial charge in [0.05, 0.1) is 10.4 Å². The van der Waals surface area contributed by atoms with Crippen LogP contribution in [0.3, 0.4) is 0 Å². The lowest BCUT2D eigenvalue weighted by molar-refractivity contribution is -0.122. The molecule has 3 rings (SSSR count). The summed E-state index contributed by atoms with van der Waals surface area (Å²) in [6.45, 7) is 2.25. The fraction of sp³-hybridized carbons (Fsp3) is 0.688. The van der Waals surface area contributed by atoms with Crippen LogP contribution in [0.25, 0.3) is 0 Å². The second kappa shape index (κ2) is 8.35. The number of amides is 1. The van der Waals surface area contributed by atoms with Gasteiger partial charge in [0.2, 0.25) is 5.91 Å². The van der Waals surface area contributed by atoms with Crippen LogP contribution >= 0.6 is 22.9 Å². The van der Waals surface area contributed by atoms with Gasteiger partial charge in [0.1, 0.15) is 4.21 Å². The zero-order valence-corrected chi connectivity index (χ0v) is 16.3. The lowest BCUT2D eigenvalue weighted by Crippen LogP contribution is -2.40. The zero-order chi connectivity index (χ0) is 17.9. The molecular weight excluding hydrogens is 384 g/mol. The maximum absolute atomic E-state index is 12.6. The molecule has 0 aromatic carbocycles. The molecule has 2 aliphatic heterocycles. The summed E-state index contributed by atoms with van der Waals surface area (Å²) in [4.78, 5) is 12.1. The third kappa shape index (κ3) is 4.95. The van der Waals surface area contributed by atoms with Crippen molar-refractivity contribution in [3.05, 3.63) is 16.5 Å². The third-order valence-electron chi connectivity index (χ3n) is 4.74. The summed E-state index contributed by atoms with van der Waals surface area (Å²) >= 11 is 6.92. The second-order valence-corrected chi connectivity index (χ2v) is 10.4. The van der Waals surface area contributed by atoms with Crippen molar-refractivity contribution in [2.24, 2.45) is 5.92 Å². The number of carbonyl (C=O) groups is 1. The number of ether oxygens (including phenoxy) is 1.